The number of hydrogen-bond donors (Lipinski definition) is 1. The molecule has 2 aromatic rings. The standard InChI is InChI=1S/C12H14F2N4/c1-8-16-17-12(18(8)2)7-15-6-9-5-10(13)3-4-11(9)14/h3-5,15H,6-7H2,1-2H3. The maximum Gasteiger partial charge on any atom is 0.146 e. The Hall–Kier alpha value is -1.82. The van der Waals surface area contributed by atoms with Gasteiger partial charge >= 0.3 is 0 Å². The van der Waals surface area contributed by atoms with Gasteiger partial charge in [0.05, 0.1) is 6.54 Å². The SMILES string of the molecule is Cc1nnc(CNCc2cc(F)ccc2F)n1C. The van der Waals surface area contributed by atoms with E-state index in [9.17, 15) is 8.78 Å². The number of halogens is 2. The van der Waals surface area contributed by atoms with Crippen molar-refractivity contribution in [1.29, 1.82) is 0 Å². The van der Waals surface area contributed by atoms with Gasteiger partial charge in [0.15, 0.2) is 0 Å². The number of hydrogen-bond acceptors (Lipinski definition) is 3. The van der Waals surface area contributed by atoms with Crippen molar-refractivity contribution < 1.29 is 8.78 Å². The van der Waals surface area contributed by atoms with Crippen LogP contribution in [-0.2, 0) is 20.1 Å². The van der Waals surface area contributed by atoms with Gasteiger partial charge in [0.1, 0.15) is 23.3 Å². The maximum atomic E-state index is 13.3. The predicted molar refractivity (Wildman–Crippen MR) is 62.6 cm³/mol. The summed E-state index contributed by atoms with van der Waals surface area (Å²) in [6.45, 7) is 2.55. The summed E-state index contributed by atoms with van der Waals surface area (Å²) in [5.41, 5.74) is 0.300. The Morgan fingerprint density at radius 3 is 2.67 bits per heavy atom. The van der Waals surface area contributed by atoms with Crippen molar-refractivity contribution in [2.24, 2.45) is 7.05 Å². The third kappa shape index (κ3) is 2.70. The summed E-state index contributed by atoms with van der Waals surface area (Å²) in [6.07, 6.45) is 0. The minimum atomic E-state index is -0.442. The second-order valence-electron chi connectivity index (χ2n) is 4.06. The average Bonchev–Trinajstić information content (AvgIpc) is 2.65. The number of rotatable bonds is 4. The second-order valence-corrected chi connectivity index (χ2v) is 4.06. The molecule has 96 valence electrons. The van der Waals surface area contributed by atoms with Gasteiger partial charge in [0.25, 0.3) is 0 Å². The van der Waals surface area contributed by atoms with Crippen molar-refractivity contribution in [2.45, 2.75) is 20.0 Å². The van der Waals surface area contributed by atoms with Gasteiger partial charge in [-0.1, -0.05) is 0 Å². The van der Waals surface area contributed by atoms with E-state index in [0.717, 1.165) is 23.8 Å². The Balaban J connectivity index is 1.96. The molecule has 2 rings (SSSR count). The van der Waals surface area contributed by atoms with Gasteiger partial charge in [-0.25, -0.2) is 8.78 Å². The third-order valence-electron chi connectivity index (χ3n) is 2.79. The molecule has 6 heteroatoms. The molecule has 0 bridgehead atoms. The molecule has 0 saturated heterocycles. The Bertz CT molecular complexity index is 551. The molecule has 0 amide bonds. The first-order valence-corrected chi connectivity index (χ1v) is 5.57. The highest BCUT2D eigenvalue weighted by Crippen LogP contribution is 2.09. The molecule has 0 atom stereocenters. The van der Waals surface area contributed by atoms with Crippen LogP contribution in [-0.4, -0.2) is 14.8 Å². The fourth-order valence-corrected chi connectivity index (χ4v) is 1.59. The molecule has 0 spiro atoms. The molecule has 0 aliphatic carbocycles. The molecule has 0 saturated carbocycles. The van der Waals surface area contributed by atoms with Crippen LogP contribution in [0.15, 0.2) is 18.2 Å². The monoisotopic (exact) mass is 252 g/mol. The number of aryl methyl sites for hydroxylation is 1. The first kappa shape index (κ1) is 12.6. The van der Waals surface area contributed by atoms with E-state index in [4.69, 9.17) is 0 Å². The van der Waals surface area contributed by atoms with Gasteiger partial charge in [-0.05, 0) is 25.1 Å². The fourth-order valence-electron chi connectivity index (χ4n) is 1.59. The van der Waals surface area contributed by atoms with Gasteiger partial charge in [0.2, 0.25) is 0 Å². The van der Waals surface area contributed by atoms with Crippen LogP contribution in [0.4, 0.5) is 8.78 Å². The van der Waals surface area contributed by atoms with Crippen LogP contribution in [0.5, 0.6) is 0 Å². The van der Waals surface area contributed by atoms with Crippen molar-refractivity contribution in [3.05, 3.63) is 47.0 Å². The zero-order valence-electron chi connectivity index (χ0n) is 10.2. The predicted octanol–water partition coefficient (Wildman–Crippen LogP) is 1.69. The van der Waals surface area contributed by atoms with Gasteiger partial charge in [0, 0.05) is 19.2 Å². The number of nitrogens with one attached hydrogen (secondary N) is 1. The lowest BCUT2D eigenvalue weighted by molar-refractivity contribution is 0.561. The molecular formula is C12H14F2N4. The summed E-state index contributed by atoms with van der Waals surface area (Å²) in [4.78, 5) is 0. The number of nitrogens with zero attached hydrogens (tertiary/aromatic N) is 3. The van der Waals surface area contributed by atoms with Gasteiger partial charge in [-0.2, -0.15) is 0 Å². The molecule has 0 fully saturated rings. The van der Waals surface area contributed by atoms with Gasteiger partial charge < -0.3 is 9.88 Å². The molecule has 1 heterocycles. The van der Waals surface area contributed by atoms with E-state index < -0.39 is 11.6 Å². The summed E-state index contributed by atoms with van der Waals surface area (Å²) in [7, 11) is 1.86. The highest BCUT2D eigenvalue weighted by atomic mass is 19.1. The molecule has 1 N–H and O–H groups in total. The minimum Gasteiger partial charge on any atom is -0.317 e. The molecule has 0 unspecified atom stereocenters. The Morgan fingerprint density at radius 1 is 1.22 bits per heavy atom. The van der Waals surface area contributed by atoms with Gasteiger partial charge in [-0.15, -0.1) is 10.2 Å². The molecule has 0 radical (unpaired) electrons. The van der Waals surface area contributed by atoms with Crippen LogP contribution < -0.4 is 5.32 Å². The quantitative estimate of drug-likeness (QED) is 0.900. The van der Waals surface area contributed by atoms with E-state index in [2.05, 4.69) is 15.5 Å². The normalized spacial score (nSPS) is 10.9. The lowest BCUT2D eigenvalue weighted by Gasteiger charge is -2.06. The van der Waals surface area contributed by atoms with Crippen molar-refractivity contribution in [3.8, 4) is 0 Å². The summed E-state index contributed by atoms with van der Waals surface area (Å²) < 4.78 is 28.1. The van der Waals surface area contributed by atoms with Crippen molar-refractivity contribution in [2.75, 3.05) is 0 Å². The Labute approximate surface area is 104 Å². The largest absolute Gasteiger partial charge is 0.317 e. The second kappa shape index (κ2) is 5.22. The van der Waals surface area contributed by atoms with E-state index in [1.54, 1.807) is 0 Å². The van der Waals surface area contributed by atoms with Crippen LogP contribution >= 0.6 is 0 Å². The number of aromatic nitrogens is 3. The van der Waals surface area contributed by atoms with Crippen LogP contribution in [0.1, 0.15) is 17.2 Å². The summed E-state index contributed by atoms with van der Waals surface area (Å²) in [5.74, 6) is 0.703. The first-order valence-electron chi connectivity index (χ1n) is 5.57. The maximum absolute atomic E-state index is 13.3. The van der Waals surface area contributed by atoms with E-state index in [0.29, 0.717) is 12.1 Å². The lowest BCUT2D eigenvalue weighted by Crippen LogP contribution is -2.17. The van der Waals surface area contributed by atoms with Crippen LogP contribution in [0.2, 0.25) is 0 Å². The van der Waals surface area contributed by atoms with E-state index in [1.807, 2.05) is 18.5 Å². The van der Waals surface area contributed by atoms with Crippen molar-refractivity contribution in [1.82, 2.24) is 20.1 Å². The van der Waals surface area contributed by atoms with Crippen LogP contribution in [0, 0.1) is 18.6 Å². The third-order valence-corrected chi connectivity index (χ3v) is 2.79. The highest BCUT2D eigenvalue weighted by molar-refractivity contribution is 5.18. The van der Waals surface area contributed by atoms with Gasteiger partial charge in [-0.3, -0.25) is 0 Å². The first-order chi connectivity index (χ1) is 8.58. The average molecular weight is 252 g/mol. The topological polar surface area (TPSA) is 42.7 Å². The van der Waals surface area contributed by atoms with E-state index in [-0.39, 0.29) is 6.54 Å². The van der Waals surface area contributed by atoms with Crippen LogP contribution in [0.25, 0.3) is 0 Å². The van der Waals surface area contributed by atoms with Crippen molar-refractivity contribution >= 4 is 0 Å². The summed E-state index contributed by atoms with van der Waals surface area (Å²) >= 11 is 0. The van der Waals surface area contributed by atoms with Crippen molar-refractivity contribution in [3.63, 3.8) is 0 Å². The minimum absolute atomic E-state index is 0.246. The molecule has 18 heavy (non-hydrogen) atoms. The summed E-state index contributed by atoms with van der Waals surface area (Å²) in [6, 6.07) is 3.41. The smallest absolute Gasteiger partial charge is 0.146 e. The molecule has 1 aromatic carbocycles. The highest BCUT2D eigenvalue weighted by Gasteiger charge is 2.06. The summed E-state index contributed by atoms with van der Waals surface area (Å²) in [5, 5.41) is 10.9. The number of benzene rings is 1. The zero-order chi connectivity index (χ0) is 13.1. The molecule has 0 aliphatic rings. The zero-order valence-corrected chi connectivity index (χ0v) is 10.2. The fraction of sp³-hybridized carbons (Fsp3) is 0.333. The Kier molecular flexibility index (Phi) is 3.66. The molecule has 0 aliphatic heterocycles. The van der Waals surface area contributed by atoms with E-state index >= 15 is 0 Å². The Morgan fingerprint density at radius 2 is 2.00 bits per heavy atom. The molecule has 1 aromatic heterocycles. The van der Waals surface area contributed by atoms with E-state index in [1.165, 1.54) is 6.07 Å². The molecular weight excluding hydrogens is 238 g/mol. The van der Waals surface area contributed by atoms with Crippen LogP contribution in [0.3, 0.4) is 0 Å². The molecule has 4 nitrogen and oxygen atoms in total. The lowest BCUT2D eigenvalue weighted by atomic mass is 10.2.